The lowest BCUT2D eigenvalue weighted by molar-refractivity contribution is -0.137. The third kappa shape index (κ3) is 6.73. The van der Waals surface area contributed by atoms with Crippen LogP contribution in [0.2, 0.25) is 0 Å². The van der Waals surface area contributed by atoms with Crippen molar-refractivity contribution in [3.8, 4) is 5.75 Å². The minimum absolute atomic E-state index is 0.339. The second kappa shape index (κ2) is 11.9. The van der Waals surface area contributed by atoms with Gasteiger partial charge in [-0.05, 0) is 65.1 Å². The van der Waals surface area contributed by atoms with Gasteiger partial charge in [0.05, 0.1) is 6.61 Å². The summed E-state index contributed by atoms with van der Waals surface area (Å²) >= 11 is 0. The first-order chi connectivity index (χ1) is 17.1. The second-order valence-electron chi connectivity index (χ2n) is 8.43. The molecule has 0 aliphatic heterocycles. The van der Waals surface area contributed by atoms with Crippen LogP contribution in [0, 0.1) is 0 Å². The quantitative estimate of drug-likeness (QED) is 0.194. The number of nitrogens with zero attached hydrogens (tertiary/aromatic N) is 1. The zero-order valence-electron chi connectivity index (χ0n) is 20.3. The summed E-state index contributed by atoms with van der Waals surface area (Å²) in [5, 5.41) is 2.51. The molecule has 178 valence electrons. The number of rotatable bonds is 10. The van der Waals surface area contributed by atoms with Gasteiger partial charge < -0.3 is 14.4 Å². The van der Waals surface area contributed by atoms with Crippen LogP contribution in [-0.4, -0.2) is 26.2 Å². The number of carbonyl (C=O) groups excluding carboxylic acids is 1. The molecule has 0 unspecified atom stereocenters. The Morgan fingerprint density at radius 3 is 2.40 bits per heavy atom. The minimum Gasteiger partial charge on any atom is -0.489 e. The Morgan fingerprint density at radius 2 is 1.60 bits per heavy atom. The van der Waals surface area contributed by atoms with Gasteiger partial charge >= 0.3 is 5.97 Å². The number of fused-ring (bicyclic) bond motifs is 1. The molecule has 4 aromatic carbocycles. The van der Waals surface area contributed by atoms with Gasteiger partial charge in [0.15, 0.2) is 0 Å². The SMILES string of the molecule is CCOC(=O)C=Cc1ccc(COc2ccccc2)cc1N(C)CCc1ccc2ccccc2c1. The molecule has 0 bridgehead atoms. The molecule has 0 radical (unpaired) electrons. The van der Waals surface area contributed by atoms with E-state index in [1.54, 1.807) is 6.92 Å². The number of anilines is 1. The van der Waals surface area contributed by atoms with Crippen LogP contribution in [0.3, 0.4) is 0 Å². The van der Waals surface area contributed by atoms with Gasteiger partial charge in [-0.25, -0.2) is 4.79 Å². The molecule has 4 aromatic rings. The number of ether oxygens (including phenoxy) is 2. The lowest BCUT2D eigenvalue weighted by atomic mass is 10.0. The molecular formula is C31H31NO3. The fraction of sp³-hybridized carbons (Fsp3) is 0.194. The first-order valence-corrected chi connectivity index (χ1v) is 12.0. The van der Waals surface area contributed by atoms with Gasteiger partial charge in [0, 0.05) is 25.4 Å². The molecule has 0 saturated carbocycles. The summed E-state index contributed by atoms with van der Waals surface area (Å²) in [7, 11) is 2.08. The van der Waals surface area contributed by atoms with Gasteiger partial charge in [-0.15, -0.1) is 0 Å². The number of para-hydroxylation sites is 1. The van der Waals surface area contributed by atoms with E-state index >= 15 is 0 Å². The molecule has 0 amide bonds. The van der Waals surface area contributed by atoms with Crippen molar-refractivity contribution in [3.63, 3.8) is 0 Å². The summed E-state index contributed by atoms with van der Waals surface area (Å²) in [6.45, 7) is 3.47. The van der Waals surface area contributed by atoms with E-state index in [1.165, 1.54) is 22.4 Å². The van der Waals surface area contributed by atoms with Gasteiger partial charge in [-0.3, -0.25) is 0 Å². The van der Waals surface area contributed by atoms with E-state index in [4.69, 9.17) is 9.47 Å². The molecule has 0 aliphatic rings. The third-order valence-electron chi connectivity index (χ3n) is 5.89. The van der Waals surface area contributed by atoms with Crippen LogP contribution in [0.1, 0.15) is 23.6 Å². The van der Waals surface area contributed by atoms with Crippen molar-refractivity contribution < 1.29 is 14.3 Å². The van der Waals surface area contributed by atoms with Crippen LogP contribution in [0.5, 0.6) is 5.75 Å². The smallest absolute Gasteiger partial charge is 0.330 e. The lowest BCUT2D eigenvalue weighted by Gasteiger charge is -2.23. The molecule has 0 aromatic heterocycles. The standard InChI is InChI=1S/C31H31NO3/c1-3-34-31(33)18-17-27-16-14-25(23-35-29-11-5-4-6-12-29)22-30(27)32(2)20-19-24-13-15-26-9-7-8-10-28(26)21-24/h4-18,21-22H,3,19-20,23H2,1-2H3. The number of hydrogen-bond acceptors (Lipinski definition) is 4. The Bertz CT molecular complexity index is 1300. The maximum Gasteiger partial charge on any atom is 0.330 e. The molecule has 0 heterocycles. The van der Waals surface area contributed by atoms with E-state index in [2.05, 4.69) is 60.5 Å². The fourth-order valence-corrected chi connectivity index (χ4v) is 3.99. The normalized spacial score (nSPS) is 11.0. The topological polar surface area (TPSA) is 38.8 Å². The van der Waals surface area contributed by atoms with E-state index in [-0.39, 0.29) is 5.97 Å². The van der Waals surface area contributed by atoms with Crippen molar-refractivity contribution in [2.45, 2.75) is 20.0 Å². The second-order valence-corrected chi connectivity index (χ2v) is 8.43. The highest BCUT2D eigenvalue weighted by atomic mass is 16.5. The van der Waals surface area contributed by atoms with Crippen molar-refractivity contribution in [3.05, 3.63) is 114 Å². The molecule has 4 rings (SSSR count). The molecular weight excluding hydrogens is 434 g/mol. The highest BCUT2D eigenvalue weighted by Gasteiger charge is 2.10. The van der Waals surface area contributed by atoms with Crippen LogP contribution in [0.25, 0.3) is 16.8 Å². The molecule has 0 aliphatic carbocycles. The van der Waals surface area contributed by atoms with Gasteiger partial charge in [0.1, 0.15) is 12.4 Å². The zero-order valence-corrected chi connectivity index (χ0v) is 20.3. The third-order valence-corrected chi connectivity index (χ3v) is 5.89. The number of likely N-dealkylation sites (N-methyl/N-ethyl adjacent to an activating group) is 1. The van der Waals surface area contributed by atoms with Crippen molar-refractivity contribution in [2.75, 3.05) is 25.1 Å². The summed E-state index contributed by atoms with van der Waals surface area (Å²) in [5.74, 6) is 0.499. The van der Waals surface area contributed by atoms with Gasteiger partial charge in [-0.2, -0.15) is 0 Å². The fourth-order valence-electron chi connectivity index (χ4n) is 3.99. The van der Waals surface area contributed by atoms with Crippen LogP contribution < -0.4 is 9.64 Å². The zero-order chi connectivity index (χ0) is 24.5. The van der Waals surface area contributed by atoms with E-state index in [0.717, 1.165) is 35.5 Å². The van der Waals surface area contributed by atoms with Crippen molar-refractivity contribution in [1.29, 1.82) is 0 Å². The predicted octanol–water partition coefficient (Wildman–Crippen LogP) is 6.67. The van der Waals surface area contributed by atoms with E-state index in [0.29, 0.717) is 13.2 Å². The molecule has 0 atom stereocenters. The van der Waals surface area contributed by atoms with Gasteiger partial charge in [0.25, 0.3) is 0 Å². The van der Waals surface area contributed by atoms with Gasteiger partial charge in [0.2, 0.25) is 0 Å². The Morgan fingerprint density at radius 1 is 0.857 bits per heavy atom. The monoisotopic (exact) mass is 465 g/mol. The summed E-state index contributed by atoms with van der Waals surface area (Å²) in [6, 6.07) is 31.1. The first kappa shape index (κ1) is 24.1. The first-order valence-electron chi connectivity index (χ1n) is 12.0. The summed E-state index contributed by atoms with van der Waals surface area (Å²) in [5.41, 5.74) is 4.36. The molecule has 35 heavy (non-hydrogen) atoms. The largest absolute Gasteiger partial charge is 0.489 e. The maximum absolute atomic E-state index is 11.9. The summed E-state index contributed by atoms with van der Waals surface area (Å²) < 4.78 is 11.0. The van der Waals surface area contributed by atoms with Crippen LogP contribution in [-0.2, 0) is 22.6 Å². The van der Waals surface area contributed by atoms with E-state index < -0.39 is 0 Å². The Hall–Kier alpha value is -4.05. The Labute approximate surface area is 207 Å². The van der Waals surface area contributed by atoms with Gasteiger partial charge in [-0.1, -0.05) is 72.8 Å². The van der Waals surface area contributed by atoms with Crippen LogP contribution in [0.15, 0.2) is 97.1 Å². The van der Waals surface area contributed by atoms with Crippen molar-refractivity contribution in [2.24, 2.45) is 0 Å². The molecule has 4 heteroatoms. The Balaban J connectivity index is 1.52. The molecule has 0 saturated heterocycles. The van der Waals surface area contributed by atoms with Crippen molar-refractivity contribution in [1.82, 2.24) is 0 Å². The number of hydrogen-bond donors (Lipinski definition) is 0. The predicted molar refractivity (Wildman–Crippen MR) is 144 cm³/mol. The molecule has 0 N–H and O–H groups in total. The summed E-state index contributed by atoms with van der Waals surface area (Å²) in [6.07, 6.45) is 4.22. The number of benzene rings is 4. The Kier molecular flexibility index (Phi) is 8.18. The van der Waals surface area contributed by atoms with Crippen LogP contribution in [0.4, 0.5) is 5.69 Å². The summed E-state index contributed by atoms with van der Waals surface area (Å²) in [4.78, 5) is 14.1. The molecule has 4 nitrogen and oxygen atoms in total. The average Bonchev–Trinajstić information content (AvgIpc) is 2.90. The van der Waals surface area contributed by atoms with Crippen molar-refractivity contribution >= 4 is 28.5 Å². The number of carbonyl (C=O) groups is 1. The lowest BCUT2D eigenvalue weighted by Crippen LogP contribution is -2.21. The molecule has 0 spiro atoms. The minimum atomic E-state index is -0.339. The molecule has 0 fully saturated rings. The highest BCUT2D eigenvalue weighted by molar-refractivity contribution is 5.88. The van der Waals surface area contributed by atoms with E-state index in [9.17, 15) is 4.79 Å². The van der Waals surface area contributed by atoms with E-state index in [1.807, 2.05) is 48.5 Å². The maximum atomic E-state index is 11.9. The van der Waals surface area contributed by atoms with Crippen LogP contribution >= 0.6 is 0 Å². The average molecular weight is 466 g/mol. The number of esters is 1. The highest BCUT2D eigenvalue weighted by Crippen LogP contribution is 2.25.